The van der Waals surface area contributed by atoms with Gasteiger partial charge in [0.25, 0.3) is 0 Å². The molecule has 5 heteroatoms. The summed E-state index contributed by atoms with van der Waals surface area (Å²) in [7, 11) is 2.11. The average Bonchev–Trinajstić information content (AvgIpc) is 2.63. The Kier molecular flexibility index (Phi) is 8.72. The summed E-state index contributed by atoms with van der Waals surface area (Å²) in [4.78, 5) is 16.6. The van der Waals surface area contributed by atoms with Crippen molar-refractivity contribution in [3.63, 3.8) is 0 Å². The molecule has 0 radical (unpaired) electrons. The van der Waals surface area contributed by atoms with Gasteiger partial charge >= 0.3 is 0 Å². The highest BCUT2D eigenvalue weighted by Crippen LogP contribution is 2.36. The molecular formula is C21H32Cl2N2O. The minimum atomic E-state index is 0. The summed E-state index contributed by atoms with van der Waals surface area (Å²) in [5, 5.41) is 0.926. The van der Waals surface area contributed by atoms with E-state index >= 15 is 0 Å². The third-order valence-corrected chi connectivity index (χ3v) is 6.15. The van der Waals surface area contributed by atoms with Gasteiger partial charge in [-0.1, -0.05) is 43.0 Å². The highest BCUT2D eigenvalue weighted by molar-refractivity contribution is 6.31. The topological polar surface area (TPSA) is 23.6 Å². The molecule has 0 spiro atoms. The summed E-state index contributed by atoms with van der Waals surface area (Å²) in [6, 6.07) is 6.58. The lowest BCUT2D eigenvalue weighted by atomic mass is 9.83. The summed E-state index contributed by atoms with van der Waals surface area (Å²) >= 11 is 6.56. The first-order valence-electron chi connectivity index (χ1n) is 9.88. The molecule has 0 atom stereocenters. The number of amides is 1. The minimum absolute atomic E-state index is 0. The van der Waals surface area contributed by atoms with Crippen molar-refractivity contribution in [1.82, 2.24) is 9.80 Å². The summed E-state index contributed by atoms with van der Waals surface area (Å²) in [6.45, 7) is 3.72. The average molecular weight is 399 g/mol. The molecular weight excluding hydrogens is 367 g/mol. The maximum atomic E-state index is 12.3. The van der Waals surface area contributed by atoms with Gasteiger partial charge in [0.05, 0.1) is 0 Å². The number of likely N-dealkylation sites (N-methyl/N-ethyl adjacent to an activating group) is 1. The third-order valence-electron chi connectivity index (χ3n) is 5.82. The molecule has 2 fully saturated rings. The number of carbonyl (C=O) groups excluding carboxylic acids is 1. The Hall–Kier alpha value is -0.770. The number of hydrogen-bond donors (Lipinski definition) is 0. The number of hydrogen-bond acceptors (Lipinski definition) is 2. The Balaban J connectivity index is 0.00000243. The van der Waals surface area contributed by atoms with E-state index < -0.39 is 0 Å². The molecule has 0 unspecified atom stereocenters. The van der Waals surface area contributed by atoms with E-state index in [4.69, 9.17) is 11.6 Å². The lowest BCUT2D eigenvalue weighted by Crippen LogP contribution is -2.47. The van der Waals surface area contributed by atoms with Crippen molar-refractivity contribution in [1.29, 1.82) is 0 Å². The molecule has 1 heterocycles. The van der Waals surface area contributed by atoms with Gasteiger partial charge in [0, 0.05) is 37.6 Å². The van der Waals surface area contributed by atoms with Crippen LogP contribution in [0.3, 0.4) is 0 Å². The number of aryl methyl sites for hydroxylation is 1. The van der Waals surface area contributed by atoms with Crippen LogP contribution in [-0.2, 0) is 11.2 Å². The predicted molar refractivity (Wildman–Crippen MR) is 112 cm³/mol. The van der Waals surface area contributed by atoms with Gasteiger partial charge in [0.15, 0.2) is 0 Å². The molecule has 146 valence electrons. The van der Waals surface area contributed by atoms with Gasteiger partial charge in [-0.2, -0.15) is 0 Å². The Labute approximate surface area is 169 Å². The zero-order valence-electron chi connectivity index (χ0n) is 15.9. The van der Waals surface area contributed by atoms with Crippen LogP contribution in [-0.4, -0.2) is 48.9 Å². The summed E-state index contributed by atoms with van der Waals surface area (Å²) in [5.41, 5.74) is 2.59. The van der Waals surface area contributed by atoms with Gasteiger partial charge in [-0.25, -0.2) is 0 Å². The van der Waals surface area contributed by atoms with E-state index in [1.54, 1.807) is 0 Å². The molecule has 1 aliphatic heterocycles. The van der Waals surface area contributed by atoms with Gasteiger partial charge in [-0.05, 0) is 55.8 Å². The van der Waals surface area contributed by atoms with Gasteiger partial charge in [0.1, 0.15) is 0 Å². The molecule has 1 aliphatic carbocycles. The van der Waals surface area contributed by atoms with E-state index in [-0.39, 0.29) is 12.4 Å². The van der Waals surface area contributed by atoms with Crippen LogP contribution in [0.15, 0.2) is 18.2 Å². The number of benzene rings is 1. The fourth-order valence-corrected chi connectivity index (χ4v) is 4.49. The second kappa shape index (κ2) is 10.5. The van der Waals surface area contributed by atoms with Crippen molar-refractivity contribution in [3.05, 3.63) is 34.3 Å². The van der Waals surface area contributed by atoms with Gasteiger partial charge in [-0.15, -0.1) is 12.4 Å². The molecule has 3 rings (SSSR count). The van der Waals surface area contributed by atoms with Crippen LogP contribution < -0.4 is 0 Å². The Morgan fingerprint density at radius 3 is 2.46 bits per heavy atom. The largest absolute Gasteiger partial charge is 0.340 e. The molecule has 0 N–H and O–H groups in total. The van der Waals surface area contributed by atoms with Crippen LogP contribution in [0, 0.1) is 0 Å². The number of rotatable bonds is 5. The molecule has 1 aromatic carbocycles. The lowest BCUT2D eigenvalue weighted by molar-refractivity contribution is -0.132. The van der Waals surface area contributed by atoms with E-state index in [0.29, 0.717) is 18.2 Å². The Morgan fingerprint density at radius 1 is 1.12 bits per heavy atom. The first-order valence-corrected chi connectivity index (χ1v) is 10.3. The van der Waals surface area contributed by atoms with Crippen molar-refractivity contribution in [2.24, 2.45) is 0 Å². The molecule has 3 nitrogen and oxygen atoms in total. The molecule has 2 aliphatic rings. The summed E-state index contributed by atoms with van der Waals surface area (Å²) in [6.07, 6.45) is 9.07. The van der Waals surface area contributed by atoms with Crippen molar-refractivity contribution in [3.8, 4) is 0 Å². The molecule has 0 aromatic heterocycles. The second-order valence-electron chi connectivity index (χ2n) is 7.73. The van der Waals surface area contributed by atoms with Crippen LogP contribution in [0.4, 0.5) is 0 Å². The van der Waals surface area contributed by atoms with Crippen LogP contribution in [0.2, 0.25) is 5.02 Å². The van der Waals surface area contributed by atoms with Gasteiger partial charge in [-0.3, -0.25) is 4.79 Å². The molecule has 26 heavy (non-hydrogen) atoms. The second-order valence-corrected chi connectivity index (χ2v) is 8.14. The highest BCUT2D eigenvalue weighted by Gasteiger charge is 2.19. The quantitative estimate of drug-likeness (QED) is 0.703. The van der Waals surface area contributed by atoms with Crippen LogP contribution in [0.5, 0.6) is 0 Å². The molecule has 0 bridgehead atoms. The molecule has 1 saturated carbocycles. The number of halogens is 2. The highest BCUT2D eigenvalue weighted by atomic mass is 35.5. The summed E-state index contributed by atoms with van der Waals surface area (Å²) in [5.74, 6) is 0.951. The number of nitrogens with zero attached hydrogens (tertiary/aromatic N) is 2. The van der Waals surface area contributed by atoms with Gasteiger partial charge in [0.2, 0.25) is 5.91 Å². The maximum absolute atomic E-state index is 12.3. The third kappa shape index (κ3) is 5.87. The van der Waals surface area contributed by atoms with E-state index in [1.165, 1.54) is 43.2 Å². The minimum Gasteiger partial charge on any atom is -0.340 e. The fraction of sp³-hybridized carbons (Fsp3) is 0.667. The fourth-order valence-electron chi connectivity index (χ4n) is 4.13. The lowest BCUT2D eigenvalue weighted by Gasteiger charge is -2.32. The van der Waals surface area contributed by atoms with E-state index in [0.717, 1.165) is 44.0 Å². The van der Waals surface area contributed by atoms with E-state index in [1.807, 2.05) is 4.90 Å². The number of piperazine rings is 1. The van der Waals surface area contributed by atoms with Crippen molar-refractivity contribution in [2.75, 3.05) is 33.2 Å². The van der Waals surface area contributed by atoms with Gasteiger partial charge < -0.3 is 9.80 Å². The van der Waals surface area contributed by atoms with Crippen molar-refractivity contribution in [2.45, 2.75) is 57.3 Å². The SMILES string of the molecule is CN1CCN(C(=O)CCCc2ccc(C3CCCCC3)c(Cl)c2)CC1.Cl. The predicted octanol–water partition coefficient (Wildman–Crippen LogP) is 4.91. The standard InChI is InChI=1S/C21H31ClN2O.ClH/c1-23-12-14-24(15-13-23)21(25)9-5-6-17-10-11-19(20(22)16-17)18-7-3-2-4-8-18;/h10-11,16,18H,2-9,12-15H2,1H3;1H. The first kappa shape index (κ1) is 21.5. The number of carbonyl (C=O) groups is 1. The zero-order chi connectivity index (χ0) is 17.6. The normalized spacial score (nSPS) is 19.2. The zero-order valence-corrected chi connectivity index (χ0v) is 17.5. The van der Waals surface area contributed by atoms with E-state index in [9.17, 15) is 4.79 Å². The Bertz CT molecular complexity index is 579. The molecule has 1 aromatic rings. The molecule has 1 saturated heterocycles. The Morgan fingerprint density at radius 2 is 1.81 bits per heavy atom. The van der Waals surface area contributed by atoms with Crippen LogP contribution in [0.1, 0.15) is 62.0 Å². The monoisotopic (exact) mass is 398 g/mol. The summed E-state index contributed by atoms with van der Waals surface area (Å²) < 4.78 is 0. The van der Waals surface area contributed by atoms with Crippen molar-refractivity contribution >= 4 is 29.9 Å². The smallest absolute Gasteiger partial charge is 0.222 e. The first-order chi connectivity index (χ1) is 12.1. The van der Waals surface area contributed by atoms with E-state index in [2.05, 4.69) is 30.1 Å². The maximum Gasteiger partial charge on any atom is 0.222 e. The van der Waals surface area contributed by atoms with Crippen LogP contribution in [0.25, 0.3) is 0 Å². The molecule has 1 amide bonds. The van der Waals surface area contributed by atoms with Crippen LogP contribution >= 0.6 is 24.0 Å². The van der Waals surface area contributed by atoms with Crippen molar-refractivity contribution < 1.29 is 4.79 Å².